The highest BCUT2D eigenvalue weighted by atomic mass is 16.5. The van der Waals surface area contributed by atoms with E-state index in [0.717, 1.165) is 37.3 Å². The van der Waals surface area contributed by atoms with Crippen molar-refractivity contribution in [2.24, 2.45) is 0 Å². The minimum absolute atomic E-state index is 0.123. The quantitative estimate of drug-likeness (QED) is 0.858. The molecule has 1 fully saturated rings. The van der Waals surface area contributed by atoms with E-state index >= 15 is 0 Å². The Labute approximate surface area is 153 Å². The first-order valence-electron chi connectivity index (χ1n) is 8.80. The average molecular weight is 356 g/mol. The van der Waals surface area contributed by atoms with Gasteiger partial charge in [-0.3, -0.25) is 4.79 Å². The van der Waals surface area contributed by atoms with Crippen molar-refractivity contribution in [1.82, 2.24) is 9.97 Å². The first kappa shape index (κ1) is 18.0. The number of carbonyl (C=O) groups excluding carboxylic acids is 1. The van der Waals surface area contributed by atoms with Crippen LogP contribution in [-0.2, 0) is 4.79 Å². The number of piperidine rings is 1. The lowest BCUT2D eigenvalue weighted by molar-refractivity contribution is -0.118. The number of hydrogen-bond acceptors (Lipinski definition) is 6. The summed E-state index contributed by atoms with van der Waals surface area (Å²) in [6.07, 6.45) is 5.06. The summed E-state index contributed by atoms with van der Waals surface area (Å²) < 4.78 is 10.8. The molecule has 138 valence electrons. The highest BCUT2D eigenvalue weighted by Crippen LogP contribution is 2.27. The number of aromatic nitrogens is 2. The number of amides is 1. The van der Waals surface area contributed by atoms with Crippen molar-refractivity contribution < 1.29 is 14.3 Å². The molecule has 0 saturated carbocycles. The molecule has 3 rings (SSSR count). The van der Waals surface area contributed by atoms with E-state index in [0.29, 0.717) is 17.3 Å². The zero-order valence-corrected chi connectivity index (χ0v) is 15.2. The monoisotopic (exact) mass is 356 g/mol. The van der Waals surface area contributed by atoms with E-state index in [9.17, 15) is 4.79 Å². The van der Waals surface area contributed by atoms with Gasteiger partial charge in [0.15, 0.2) is 18.1 Å². The summed E-state index contributed by atoms with van der Waals surface area (Å²) in [6.45, 7) is 3.82. The predicted octanol–water partition coefficient (Wildman–Crippen LogP) is 2.80. The van der Waals surface area contributed by atoms with Crippen LogP contribution >= 0.6 is 0 Å². The molecule has 0 atom stereocenters. The van der Waals surface area contributed by atoms with Crippen LogP contribution in [0.1, 0.15) is 24.8 Å². The van der Waals surface area contributed by atoms with Gasteiger partial charge in [-0.25, -0.2) is 9.97 Å². The maximum absolute atomic E-state index is 12.2. The van der Waals surface area contributed by atoms with Gasteiger partial charge >= 0.3 is 0 Å². The summed E-state index contributed by atoms with van der Waals surface area (Å²) in [5.41, 5.74) is 1.06. The fourth-order valence-corrected chi connectivity index (χ4v) is 2.93. The Kier molecular flexibility index (Phi) is 5.88. The lowest BCUT2D eigenvalue weighted by Crippen LogP contribution is -2.30. The Morgan fingerprint density at radius 1 is 1.15 bits per heavy atom. The molecule has 1 aliphatic rings. The topological polar surface area (TPSA) is 76.6 Å². The van der Waals surface area contributed by atoms with Gasteiger partial charge in [-0.15, -0.1) is 0 Å². The van der Waals surface area contributed by atoms with E-state index in [2.05, 4.69) is 20.2 Å². The first-order valence-corrected chi connectivity index (χ1v) is 8.80. The third-order valence-corrected chi connectivity index (χ3v) is 4.28. The van der Waals surface area contributed by atoms with Gasteiger partial charge in [-0.05, 0) is 43.9 Å². The van der Waals surface area contributed by atoms with Crippen molar-refractivity contribution in [2.45, 2.75) is 26.2 Å². The van der Waals surface area contributed by atoms with Crippen LogP contribution in [0.3, 0.4) is 0 Å². The summed E-state index contributed by atoms with van der Waals surface area (Å²) in [4.78, 5) is 22.8. The molecular formula is C19H24N4O3. The molecule has 1 saturated heterocycles. The zero-order chi connectivity index (χ0) is 18.4. The van der Waals surface area contributed by atoms with E-state index in [4.69, 9.17) is 9.47 Å². The van der Waals surface area contributed by atoms with E-state index in [1.807, 2.05) is 19.1 Å². The molecule has 1 N–H and O–H groups in total. The lowest BCUT2D eigenvalue weighted by Gasteiger charge is -2.27. The normalized spacial score (nSPS) is 14.0. The van der Waals surface area contributed by atoms with Gasteiger partial charge in [-0.2, -0.15) is 0 Å². The second-order valence-corrected chi connectivity index (χ2v) is 6.30. The van der Waals surface area contributed by atoms with E-state index in [1.54, 1.807) is 19.2 Å². The molecule has 0 aliphatic carbocycles. The zero-order valence-electron chi connectivity index (χ0n) is 15.2. The molecule has 0 spiro atoms. The molecule has 1 aromatic heterocycles. The third-order valence-electron chi connectivity index (χ3n) is 4.28. The molecular weight excluding hydrogens is 332 g/mol. The maximum atomic E-state index is 12.2. The third kappa shape index (κ3) is 4.62. The second-order valence-electron chi connectivity index (χ2n) is 6.30. The number of nitrogens with one attached hydrogen (secondary N) is 1. The Morgan fingerprint density at radius 3 is 2.73 bits per heavy atom. The van der Waals surface area contributed by atoms with Gasteiger partial charge in [0.25, 0.3) is 5.91 Å². The van der Waals surface area contributed by atoms with Gasteiger partial charge in [0.05, 0.1) is 7.11 Å². The van der Waals surface area contributed by atoms with E-state index < -0.39 is 0 Å². The number of aryl methyl sites for hydroxylation is 1. The number of hydrogen-bond donors (Lipinski definition) is 1. The van der Waals surface area contributed by atoms with Crippen molar-refractivity contribution in [3.8, 4) is 11.5 Å². The largest absolute Gasteiger partial charge is 0.493 e. The summed E-state index contributed by atoms with van der Waals surface area (Å²) in [6, 6.07) is 7.36. The fraction of sp³-hybridized carbons (Fsp3) is 0.421. The Balaban J connectivity index is 1.58. The molecule has 2 heterocycles. The van der Waals surface area contributed by atoms with Crippen molar-refractivity contribution in [3.63, 3.8) is 0 Å². The molecule has 7 nitrogen and oxygen atoms in total. The molecule has 0 bridgehead atoms. The lowest BCUT2D eigenvalue weighted by atomic mass is 10.1. The molecule has 2 aromatic rings. The molecule has 7 heteroatoms. The predicted molar refractivity (Wildman–Crippen MR) is 100.0 cm³/mol. The maximum Gasteiger partial charge on any atom is 0.263 e. The first-order chi connectivity index (χ1) is 12.7. The standard InChI is InChI=1S/C19H24N4O3/c1-14-6-7-15(16(10-14)25-2)26-12-19(24)22-17-11-18(21-13-20-17)23-8-4-3-5-9-23/h6-7,10-11,13H,3-5,8-9,12H2,1-2H3,(H,20,21,22,24). The second kappa shape index (κ2) is 8.51. The highest BCUT2D eigenvalue weighted by molar-refractivity contribution is 5.91. The van der Waals surface area contributed by atoms with Crippen LogP contribution in [0.5, 0.6) is 11.5 Å². The minimum atomic E-state index is -0.282. The van der Waals surface area contributed by atoms with Gasteiger partial charge in [0.1, 0.15) is 18.0 Å². The molecule has 0 radical (unpaired) electrons. The van der Waals surface area contributed by atoms with Crippen molar-refractivity contribution in [1.29, 1.82) is 0 Å². The van der Waals surface area contributed by atoms with Crippen LogP contribution in [0.4, 0.5) is 11.6 Å². The van der Waals surface area contributed by atoms with Gasteiger partial charge in [-0.1, -0.05) is 6.07 Å². The van der Waals surface area contributed by atoms with Crippen LogP contribution in [0.15, 0.2) is 30.6 Å². The number of carbonyl (C=O) groups is 1. The Morgan fingerprint density at radius 2 is 1.96 bits per heavy atom. The summed E-state index contributed by atoms with van der Waals surface area (Å²) >= 11 is 0. The summed E-state index contributed by atoms with van der Waals surface area (Å²) in [5, 5.41) is 2.76. The van der Waals surface area contributed by atoms with Gasteiger partial charge in [0.2, 0.25) is 0 Å². The molecule has 1 amide bonds. The highest BCUT2D eigenvalue weighted by Gasteiger charge is 2.14. The minimum Gasteiger partial charge on any atom is -0.493 e. The molecule has 26 heavy (non-hydrogen) atoms. The van der Waals surface area contributed by atoms with Crippen molar-refractivity contribution in [3.05, 3.63) is 36.2 Å². The van der Waals surface area contributed by atoms with E-state index in [-0.39, 0.29) is 12.5 Å². The number of benzene rings is 1. The number of ether oxygens (including phenoxy) is 2. The van der Waals surface area contributed by atoms with Crippen molar-refractivity contribution >= 4 is 17.5 Å². The van der Waals surface area contributed by atoms with E-state index in [1.165, 1.54) is 12.7 Å². The van der Waals surface area contributed by atoms with Gasteiger partial charge in [0, 0.05) is 19.2 Å². The number of anilines is 2. The fourth-order valence-electron chi connectivity index (χ4n) is 2.93. The average Bonchev–Trinajstić information content (AvgIpc) is 2.68. The van der Waals surface area contributed by atoms with Crippen LogP contribution < -0.4 is 19.7 Å². The summed E-state index contributed by atoms with van der Waals surface area (Å²) in [7, 11) is 1.57. The number of methoxy groups -OCH3 is 1. The van der Waals surface area contributed by atoms with Crippen LogP contribution in [0.2, 0.25) is 0 Å². The Bertz CT molecular complexity index is 760. The smallest absolute Gasteiger partial charge is 0.263 e. The summed E-state index contributed by atoms with van der Waals surface area (Å²) in [5.74, 6) is 2.18. The van der Waals surface area contributed by atoms with Gasteiger partial charge < -0.3 is 19.7 Å². The van der Waals surface area contributed by atoms with Crippen molar-refractivity contribution in [2.75, 3.05) is 37.0 Å². The molecule has 1 aliphatic heterocycles. The number of rotatable bonds is 6. The molecule has 0 unspecified atom stereocenters. The number of nitrogens with zero attached hydrogens (tertiary/aromatic N) is 3. The Hall–Kier alpha value is -2.83. The van der Waals surface area contributed by atoms with Crippen LogP contribution in [0.25, 0.3) is 0 Å². The van der Waals surface area contributed by atoms with Crippen LogP contribution in [-0.4, -0.2) is 42.7 Å². The van der Waals surface area contributed by atoms with Crippen LogP contribution in [0, 0.1) is 6.92 Å². The SMILES string of the molecule is COc1cc(C)ccc1OCC(=O)Nc1cc(N2CCCCC2)ncn1. The molecule has 1 aromatic carbocycles.